The summed E-state index contributed by atoms with van der Waals surface area (Å²) in [6, 6.07) is 0. The van der Waals surface area contributed by atoms with Crippen LogP contribution in [0.4, 0.5) is 0 Å². The number of hydrogen-bond acceptors (Lipinski definition) is 2. The van der Waals surface area contributed by atoms with E-state index in [2.05, 4.69) is 15.2 Å². The number of fused-ring (bicyclic) bond motifs is 1. The summed E-state index contributed by atoms with van der Waals surface area (Å²) in [6.45, 7) is 1.94. The lowest BCUT2D eigenvalue weighted by molar-refractivity contribution is 1.07. The Balaban J connectivity index is 2.94. The van der Waals surface area contributed by atoms with Crippen molar-refractivity contribution in [3.63, 3.8) is 0 Å². The van der Waals surface area contributed by atoms with Gasteiger partial charge in [0.2, 0.25) is 0 Å². The molecular formula is C7H6BN3. The molecule has 52 valence electrons. The highest BCUT2D eigenvalue weighted by molar-refractivity contribution is 6.37. The Labute approximate surface area is 65.2 Å². The van der Waals surface area contributed by atoms with Gasteiger partial charge in [0.25, 0.3) is 0 Å². The fraction of sp³-hybridized carbons (Fsp3) is 0.143. The predicted molar refractivity (Wildman–Crippen MR) is 44.0 cm³/mol. The van der Waals surface area contributed by atoms with Crippen LogP contribution in [0.3, 0.4) is 0 Å². The average molecular weight is 143 g/mol. The molecule has 0 bridgehead atoms. The van der Waals surface area contributed by atoms with E-state index in [4.69, 9.17) is 7.85 Å². The van der Waals surface area contributed by atoms with Gasteiger partial charge in [-0.1, -0.05) is 5.46 Å². The molecular weight excluding hydrogens is 137 g/mol. The summed E-state index contributed by atoms with van der Waals surface area (Å²) in [5, 5.41) is 7.87. The third-order valence-electron chi connectivity index (χ3n) is 1.69. The molecule has 0 aliphatic rings. The lowest BCUT2D eigenvalue weighted by Crippen LogP contribution is -2.04. The van der Waals surface area contributed by atoms with Crippen LogP contribution in [0.25, 0.3) is 10.9 Å². The summed E-state index contributed by atoms with van der Waals surface area (Å²) in [4.78, 5) is 3.96. The number of hydrogen-bond donors (Lipinski definition) is 1. The summed E-state index contributed by atoms with van der Waals surface area (Å²) in [6.07, 6.45) is 3.35. The van der Waals surface area contributed by atoms with Gasteiger partial charge in [0, 0.05) is 23.5 Å². The van der Waals surface area contributed by atoms with Crippen molar-refractivity contribution in [3.8, 4) is 0 Å². The van der Waals surface area contributed by atoms with Crippen LogP contribution in [0, 0.1) is 6.92 Å². The summed E-state index contributed by atoms with van der Waals surface area (Å²) in [5.74, 6) is 0. The number of nitrogens with zero attached hydrogens (tertiary/aromatic N) is 2. The standard InChI is InChI=1S/C7H6BN3/c1-4-5-2-9-3-6(8)7(5)11-10-4/h2-3H,1H3,(H,10,11). The molecule has 0 saturated carbocycles. The molecule has 2 aromatic heterocycles. The number of aromatic nitrogens is 3. The minimum absolute atomic E-state index is 0.617. The molecule has 2 rings (SSSR count). The second-order valence-corrected chi connectivity index (χ2v) is 2.47. The van der Waals surface area contributed by atoms with Crippen molar-refractivity contribution < 1.29 is 0 Å². The molecule has 0 atom stereocenters. The molecule has 0 aliphatic carbocycles. The number of pyridine rings is 1. The number of aryl methyl sites for hydroxylation is 1. The molecule has 2 aromatic rings. The zero-order valence-electron chi connectivity index (χ0n) is 6.13. The molecule has 0 fully saturated rings. The molecule has 0 saturated heterocycles. The first-order chi connectivity index (χ1) is 5.29. The zero-order valence-corrected chi connectivity index (χ0v) is 6.13. The van der Waals surface area contributed by atoms with E-state index in [1.807, 2.05) is 6.92 Å². The van der Waals surface area contributed by atoms with E-state index in [-0.39, 0.29) is 0 Å². The summed E-state index contributed by atoms with van der Waals surface area (Å²) in [5.41, 5.74) is 2.42. The molecule has 0 spiro atoms. The topological polar surface area (TPSA) is 41.6 Å². The quantitative estimate of drug-likeness (QED) is 0.529. The highest BCUT2D eigenvalue weighted by Gasteiger charge is 2.01. The highest BCUT2D eigenvalue weighted by atomic mass is 15.1. The van der Waals surface area contributed by atoms with Gasteiger partial charge in [-0.2, -0.15) is 5.10 Å². The average Bonchev–Trinajstić information content (AvgIpc) is 2.35. The van der Waals surface area contributed by atoms with Crippen molar-refractivity contribution >= 4 is 24.2 Å². The van der Waals surface area contributed by atoms with Crippen LogP contribution in [-0.2, 0) is 0 Å². The number of nitrogens with one attached hydrogen (secondary N) is 1. The molecule has 0 amide bonds. The van der Waals surface area contributed by atoms with E-state index < -0.39 is 0 Å². The van der Waals surface area contributed by atoms with Crippen LogP contribution >= 0.6 is 0 Å². The van der Waals surface area contributed by atoms with Crippen molar-refractivity contribution in [1.82, 2.24) is 15.2 Å². The van der Waals surface area contributed by atoms with Gasteiger partial charge in [-0.25, -0.2) is 0 Å². The Kier molecular flexibility index (Phi) is 1.21. The van der Waals surface area contributed by atoms with Gasteiger partial charge >= 0.3 is 0 Å². The first kappa shape index (κ1) is 6.40. The molecule has 11 heavy (non-hydrogen) atoms. The molecule has 0 aliphatic heterocycles. The van der Waals surface area contributed by atoms with Crippen LogP contribution in [0.1, 0.15) is 5.69 Å². The van der Waals surface area contributed by atoms with Crippen LogP contribution in [-0.4, -0.2) is 23.0 Å². The number of H-pyrrole nitrogens is 1. The Morgan fingerprint density at radius 1 is 1.45 bits per heavy atom. The Morgan fingerprint density at radius 2 is 2.27 bits per heavy atom. The maximum absolute atomic E-state index is 5.62. The second kappa shape index (κ2) is 2.08. The first-order valence-corrected chi connectivity index (χ1v) is 3.33. The molecule has 4 heteroatoms. The van der Waals surface area contributed by atoms with Gasteiger partial charge in [-0.3, -0.25) is 10.1 Å². The van der Waals surface area contributed by atoms with Crippen LogP contribution in [0.2, 0.25) is 0 Å². The van der Waals surface area contributed by atoms with Gasteiger partial charge in [-0.05, 0) is 6.92 Å². The predicted octanol–water partition coefficient (Wildman–Crippen LogP) is 0.0601. The molecule has 2 heterocycles. The minimum atomic E-state index is 0.617. The van der Waals surface area contributed by atoms with Gasteiger partial charge in [-0.15, -0.1) is 0 Å². The maximum Gasteiger partial charge on any atom is 0.119 e. The summed E-state index contributed by atoms with van der Waals surface area (Å²) in [7, 11) is 5.62. The Bertz CT molecular complexity index is 393. The van der Waals surface area contributed by atoms with Crippen LogP contribution in [0.15, 0.2) is 12.4 Å². The van der Waals surface area contributed by atoms with E-state index in [0.29, 0.717) is 5.46 Å². The second-order valence-electron chi connectivity index (χ2n) is 2.47. The third kappa shape index (κ3) is 0.825. The fourth-order valence-electron chi connectivity index (χ4n) is 1.07. The zero-order chi connectivity index (χ0) is 7.84. The summed E-state index contributed by atoms with van der Waals surface area (Å²) >= 11 is 0. The Morgan fingerprint density at radius 3 is 3.00 bits per heavy atom. The third-order valence-corrected chi connectivity index (χ3v) is 1.69. The van der Waals surface area contributed by atoms with E-state index in [9.17, 15) is 0 Å². The smallest absolute Gasteiger partial charge is 0.119 e. The van der Waals surface area contributed by atoms with Crippen molar-refractivity contribution in [2.45, 2.75) is 6.92 Å². The van der Waals surface area contributed by atoms with Gasteiger partial charge < -0.3 is 0 Å². The molecule has 0 aromatic carbocycles. The van der Waals surface area contributed by atoms with Crippen molar-refractivity contribution in [1.29, 1.82) is 0 Å². The number of rotatable bonds is 0. The molecule has 0 unspecified atom stereocenters. The first-order valence-electron chi connectivity index (χ1n) is 3.33. The van der Waals surface area contributed by atoms with Crippen molar-refractivity contribution in [2.75, 3.05) is 0 Å². The number of aromatic amines is 1. The van der Waals surface area contributed by atoms with Gasteiger partial charge in [0.15, 0.2) is 0 Å². The minimum Gasteiger partial charge on any atom is -0.282 e. The highest BCUT2D eigenvalue weighted by Crippen LogP contribution is 2.09. The van der Waals surface area contributed by atoms with Crippen molar-refractivity contribution in [3.05, 3.63) is 18.1 Å². The fourth-order valence-corrected chi connectivity index (χ4v) is 1.07. The van der Waals surface area contributed by atoms with Crippen LogP contribution < -0.4 is 5.46 Å². The maximum atomic E-state index is 5.62. The Hall–Kier alpha value is -1.32. The van der Waals surface area contributed by atoms with E-state index in [1.54, 1.807) is 12.4 Å². The monoisotopic (exact) mass is 143 g/mol. The van der Waals surface area contributed by atoms with E-state index in [1.165, 1.54) is 0 Å². The summed E-state index contributed by atoms with van der Waals surface area (Å²) < 4.78 is 0. The van der Waals surface area contributed by atoms with Gasteiger partial charge in [0.1, 0.15) is 7.85 Å². The molecule has 1 N–H and O–H groups in total. The van der Waals surface area contributed by atoms with Crippen molar-refractivity contribution in [2.24, 2.45) is 0 Å². The molecule has 3 nitrogen and oxygen atoms in total. The van der Waals surface area contributed by atoms with E-state index >= 15 is 0 Å². The largest absolute Gasteiger partial charge is 0.282 e. The lowest BCUT2D eigenvalue weighted by atomic mass is 9.96. The normalized spacial score (nSPS) is 10.6. The lowest BCUT2D eigenvalue weighted by Gasteiger charge is -1.91. The van der Waals surface area contributed by atoms with Crippen LogP contribution in [0.5, 0.6) is 0 Å². The van der Waals surface area contributed by atoms with Gasteiger partial charge in [0.05, 0.1) is 5.52 Å². The molecule has 2 radical (unpaired) electrons. The van der Waals surface area contributed by atoms with E-state index in [0.717, 1.165) is 16.6 Å². The SMILES string of the molecule is [B]c1cncc2c(C)[nH]nc12.